The van der Waals surface area contributed by atoms with Crippen LogP contribution in [0.3, 0.4) is 0 Å². The quantitative estimate of drug-likeness (QED) is 0.356. The van der Waals surface area contributed by atoms with Gasteiger partial charge >= 0.3 is 5.97 Å². The van der Waals surface area contributed by atoms with Crippen molar-refractivity contribution in [3.8, 4) is 0 Å². The molecule has 1 N–H and O–H groups in total. The smallest absolute Gasteiger partial charge is 0.331 e. The number of carbonyl (C=O) groups excluding carboxylic acids is 2. The maximum Gasteiger partial charge on any atom is 0.331 e. The van der Waals surface area contributed by atoms with Crippen LogP contribution >= 0.6 is 0 Å². The van der Waals surface area contributed by atoms with Gasteiger partial charge in [0.25, 0.3) is 0 Å². The topological polar surface area (TPSA) is 71.4 Å². The lowest BCUT2D eigenvalue weighted by molar-refractivity contribution is -0.145. The summed E-state index contributed by atoms with van der Waals surface area (Å²) in [6.45, 7) is 15.4. The van der Waals surface area contributed by atoms with Gasteiger partial charge in [0.2, 0.25) is 0 Å². The zero-order valence-electron chi connectivity index (χ0n) is 22.3. The first-order valence-electron chi connectivity index (χ1n) is 13.4. The average Bonchev–Trinajstić information content (AvgIpc) is 3.03. The van der Waals surface area contributed by atoms with E-state index in [9.17, 15) is 14.4 Å². The Labute approximate surface area is 205 Å². The van der Waals surface area contributed by atoms with Gasteiger partial charge in [0.1, 0.15) is 5.78 Å². The lowest BCUT2D eigenvalue weighted by Gasteiger charge is -2.61. The number of allylic oxidation sites excluding steroid dienone is 3. The van der Waals surface area contributed by atoms with Crippen LogP contribution in [0.1, 0.15) is 99.8 Å². The average molecular weight is 469 g/mol. The third-order valence-electron chi connectivity index (χ3n) is 11.5. The Morgan fingerprint density at radius 3 is 2.41 bits per heavy atom. The van der Waals surface area contributed by atoms with Gasteiger partial charge in [-0.2, -0.15) is 0 Å². The molecule has 0 bridgehead atoms. The van der Waals surface area contributed by atoms with Gasteiger partial charge < -0.3 is 5.11 Å². The summed E-state index contributed by atoms with van der Waals surface area (Å²) in [5, 5.41) is 9.13. The number of Topliss-reactive ketones (excluding diaryl/α,β-unsaturated/α-hetero) is 1. The molecule has 7 atom stereocenters. The number of rotatable bonds is 5. The summed E-state index contributed by atoms with van der Waals surface area (Å²) in [5.74, 6) is 1.06. The van der Waals surface area contributed by atoms with Crippen molar-refractivity contribution >= 4 is 17.5 Å². The van der Waals surface area contributed by atoms with E-state index in [1.54, 1.807) is 5.57 Å². The summed E-state index contributed by atoms with van der Waals surface area (Å²) in [6, 6.07) is 0. The van der Waals surface area contributed by atoms with Gasteiger partial charge in [0, 0.05) is 23.8 Å². The third kappa shape index (κ3) is 3.57. The Balaban J connectivity index is 1.60. The Kier molecular flexibility index (Phi) is 6.10. The minimum absolute atomic E-state index is 0.0702. The normalized spacial score (nSPS) is 42.2. The van der Waals surface area contributed by atoms with Crippen LogP contribution in [-0.4, -0.2) is 22.6 Å². The van der Waals surface area contributed by atoms with Crippen LogP contribution in [0.2, 0.25) is 0 Å². The van der Waals surface area contributed by atoms with E-state index in [1.165, 1.54) is 25.8 Å². The van der Waals surface area contributed by atoms with Crippen LogP contribution in [-0.2, 0) is 14.4 Å². The first-order chi connectivity index (χ1) is 15.7. The number of fused-ring (bicyclic) bond motifs is 5. The van der Waals surface area contributed by atoms with Gasteiger partial charge in [-0.15, -0.1) is 0 Å². The molecule has 0 heterocycles. The van der Waals surface area contributed by atoms with Gasteiger partial charge in [-0.1, -0.05) is 53.2 Å². The lowest BCUT2D eigenvalue weighted by Crippen LogP contribution is -2.56. The maximum absolute atomic E-state index is 12.8. The largest absolute Gasteiger partial charge is 0.478 e. The first-order valence-corrected chi connectivity index (χ1v) is 13.4. The SMILES string of the molecule is C/C(=C/C(=O)C[C@@H](C)[C@]1(C)CC[C@@]2(C)C3=CCC4C(C)(C)C(=O)CC[C@]4(C)[C@@H]3CCC21)C(=O)O. The van der Waals surface area contributed by atoms with Gasteiger partial charge in [0.05, 0.1) is 0 Å². The van der Waals surface area contributed by atoms with Crippen molar-refractivity contribution in [3.05, 3.63) is 23.3 Å². The molecule has 2 unspecified atom stereocenters. The number of hydrogen-bond donors (Lipinski definition) is 1. The highest BCUT2D eigenvalue weighted by Gasteiger charge is 2.63. The second-order valence-electron chi connectivity index (χ2n) is 13.4. The van der Waals surface area contributed by atoms with E-state index in [0.29, 0.717) is 36.4 Å². The molecule has 0 amide bonds. The van der Waals surface area contributed by atoms with Gasteiger partial charge in [-0.3, -0.25) is 9.59 Å². The monoisotopic (exact) mass is 468 g/mol. The number of ketones is 2. The van der Waals surface area contributed by atoms with Crippen LogP contribution < -0.4 is 0 Å². The van der Waals surface area contributed by atoms with E-state index in [4.69, 9.17) is 5.11 Å². The zero-order chi connectivity index (χ0) is 25.3. The molecule has 0 aromatic rings. The van der Waals surface area contributed by atoms with Crippen LogP contribution in [0.15, 0.2) is 23.3 Å². The highest BCUT2D eigenvalue weighted by molar-refractivity contribution is 5.98. The number of carboxylic acids is 1. The van der Waals surface area contributed by atoms with Crippen molar-refractivity contribution in [3.63, 3.8) is 0 Å². The fourth-order valence-electron chi connectivity index (χ4n) is 9.16. The van der Waals surface area contributed by atoms with Crippen molar-refractivity contribution in [2.45, 2.75) is 99.8 Å². The van der Waals surface area contributed by atoms with Crippen molar-refractivity contribution < 1.29 is 19.5 Å². The Bertz CT molecular complexity index is 970. The van der Waals surface area contributed by atoms with Crippen molar-refractivity contribution in [2.24, 2.45) is 45.3 Å². The number of aliphatic carboxylic acids is 1. The maximum atomic E-state index is 12.8. The second-order valence-corrected chi connectivity index (χ2v) is 13.4. The molecule has 3 fully saturated rings. The van der Waals surface area contributed by atoms with E-state index in [2.05, 4.69) is 47.6 Å². The van der Waals surface area contributed by atoms with Gasteiger partial charge in [0.15, 0.2) is 5.78 Å². The first kappa shape index (κ1) is 25.4. The zero-order valence-corrected chi connectivity index (χ0v) is 22.3. The highest BCUT2D eigenvalue weighted by Crippen LogP contribution is 2.71. The van der Waals surface area contributed by atoms with E-state index in [-0.39, 0.29) is 38.9 Å². The van der Waals surface area contributed by atoms with Crippen molar-refractivity contribution in [1.29, 1.82) is 0 Å². The van der Waals surface area contributed by atoms with Crippen molar-refractivity contribution in [1.82, 2.24) is 0 Å². The Morgan fingerprint density at radius 2 is 1.76 bits per heavy atom. The predicted molar refractivity (Wildman–Crippen MR) is 134 cm³/mol. The van der Waals surface area contributed by atoms with Crippen LogP contribution in [0.25, 0.3) is 0 Å². The molecule has 0 radical (unpaired) electrons. The molecule has 3 saturated carbocycles. The Hall–Kier alpha value is -1.71. The molecule has 4 nitrogen and oxygen atoms in total. The molecule has 0 aromatic heterocycles. The summed E-state index contributed by atoms with van der Waals surface area (Å²) in [5.41, 5.74) is 1.93. The minimum Gasteiger partial charge on any atom is -0.478 e. The molecule has 188 valence electrons. The number of carboxylic acid groups (broad SMARTS) is 1. The number of hydrogen-bond acceptors (Lipinski definition) is 3. The van der Waals surface area contributed by atoms with E-state index in [1.807, 2.05) is 0 Å². The molecule has 4 aliphatic rings. The predicted octanol–water partition coefficient (Wildman–Crippen LogP) is 6.79. The lowest BCUT2D eigenvalue weighted by atomic mass is 9.43. The molecule has 0 spiro atoms. The molecule has 4 aliphatic carbocycles. The minimum atomic E-state index is -1.03. The van der Waals surface area contributed by atoms with Crippen LogP contribution in [0.5, 0.6) is 0 Å². The summed E-state index contributed by atoms with van der Waals surface area (Å²) in [6.07, 6.45) is 11.6. The van der Waals surface area contributed by atoms with E-state index < -0.39 is 5.97 Å². The molecule has 0 aromatic carbocycles. The van der Waals surface area contributed by atoms with Crippen LogP contribution in [0, 0.1) is 45.3 Å². The van der Waals surface area contributed by atoms with Gasteiger partial charge in [-0.05, 0) is 91.4 Å². The molecular formula is C30H44O4. The molecule has 0 saturated heterocycles. The fourth-order valence-corrected chi connectivity index (χ4v) is 9.16. The summed E-state index contributed by atoms with van der Waals surface area (Å²) in [4.78, 5) is 36.6. The number of carbonyl (C=O) groups is 3. The highest BCUT2D eigenvalue weighted by atomic mass is 16.4. The molecule has 34 heavy (non-hydrogen) atoms. The Morgan fingerprint density at radius 1 is 1.09 bits per heavy atom. The van der Waals surface area contributed by atoms with Crippen molar-refractivity contribution in [2.75, 3.05) is 0 Å². The summed E-state index contributed by atoms with van der Waals surface area (Å²) >= 11 is 0. The summed E-state index contributed by atoms with van der Waals surface area (Å²) in [7, 11) is 0. The second kappa shape index (κ2) is 8.17. The van der Waals surface area contributed by atoms with Crippen LogP contribution in [0.4, 0.5) is 0 Å². The fraction of sp³-hybridized carbons (Fsp3) is 0.767. The molecular weight excluding hydrogens is 424 g/mol. The van der Waals surface area contributed by atoms with Gasteiger partial charge in [-0.25, -0.2) is 4.79 Å². The molecule has 0 aliphatic heterocycles. The molecule has 4 heteroatoms. The van der Waals surface area contributed by atoms with E-state index in [0.717, 1.165) is 25.7 Å². The third-order valence-corrected chi connectivity index (χ3v) is 11.5. The summed E-state index contributed by atoms with van der Waals surface area (Å²) < 4.78 is 0. The van der Waals surface area contributed by atoms with E-state index >= 15 is 0 Å². The molecule has 4 rings (SSSR count). The standard InChI is InChI=1S/C30H44O4/c1-18(26(33)34)16-20(31)17-19(2)28(5)14-15-30(7)22-8-10-23-27(3,4)25(32)12-13-29(23,6)21(22)9-11-24(28)30/h8,16,19,21,23-24H,9-15,17H2,1-7H3,(H,33,34)/b18-16-/t19-,21-,23?,24?,28+,29-,30+/m1/s1.